The van der Waals surface area contributed by atoms with Gasteiger partial charge < -0.3 is 4.90 Å². The summed E-state index contributed by atoms with van der Waals surface area (Å²) >= 11 is 0. The van der Waals surface area contributed by atoms with Gasteiger partial charge in [-0.1, -0.05) is 26.8 Å². The molecule has 0 bridgehead atoms. The number of halogens is 1. The molecule has 1 aliphatic heterocycles. The Labute approximate surface area is 146 Å². The molecule has 1 fully saturated rings. The number of rotatable bonds is 3. The summed E-state index contributed by atoms with van der Waals surface area (Å²) in [5.41, 5.74) is 0.241. The summed E-state index contributed by atoms with van der Waals surface area (Å²) in [6.07, 6.45) is 0. The normalized spacial score (nSPS) is 16.2. The van der Waals surface area contributed by atoms with Crippen molar-refractivity contribution < 1.29 is 9.18 Å². The van der Waals surface area contributed by atoms with Crippen LogP contribution in [0.4, 0.5) is 4.39 Å². The largest absolute Gasteiger partial charge is 0.340 e. The van der Waals surface area contributed by atoms with Gasteiger partial charge in [-0.15, -0.1) is 5.10 Å². The summed E-state index contributed by atoms with van der Waals surface area (Å²) in [4.78, 5) is 16.5. The maximum Gasteiger partial charge on any atom is 0.228 e. The number of piperazine rings is 1. The van der Waals surface area contributed by atoms with Crippen molar-refractivity contribution in [2.45, 2.75) is 27.3 Å². The van der Waals surface area contributed by atoms with Crippen molar-refractivity contribution in [1.29, 1.82) is 0 Å². The van der Waals surface area contributed by atoms with Gasteiger partial charge in [0.15, 0.2) is 5.82 Å². The Morgan fingerprint density at radius 1 is 1.20 bits per heavy atom. The zero-order chi connectivity index (χ0) is 18.0. The average Bonchev–Trinajstić information content (AvgIpc) is 3.02. The highest BCUT2D eigenvalue weighted by atomic mass is 19.1. The van der Waals surface area contributed by atoms with Crippen molar-refractivity contribution in [1.82, 2.24) is 30.0 Å². The molecule has 0 saturated carbocycles. The Bertz CT molecular complexity index is 746. The summed E-state index contributed by atoms with van der Waals surface area (Å²) < 4.78 is 15.0. The van der Waals surface area contributed by atoms with Gasteiger partial charge in [0.2, 0.25) is 5.91 Å². The van der Waals surface area contributed by atoms with Gasteiger partial charge in [-0.05, 0) is 28.6 Å². The molecule has 0 N–H and O–H groups in total. The van der Waals surface area contributed by atoms with Gasteiger partial charge in [-0.2, -0.15) is 4.68 Å². The van der Waals surface area contributed by atoms with Crippen LogP contribution in [0.2, 0.25) is 0 Å². The van der Waals surface area contributed by atoms with Gasteiger partial charge >= 0.3 is 0 Å². The van der Waals surface area contributed by atoms with Crippen molar-refractivity contribution in [3.05, 3.63) is 35.9 Å². The molecular formula is C17H23FN6O. The average molecular weight is 346 g/mol. The van der Waals surface area contributed by atoms with Crippen LogP contribution in [0.25, 0.3) is 5.69 Å². The second-order valence-corrected chi connectivity index (χ2v) is 7.31. The van der Waals surface area contributed by atoms with Crippen LogP contribution in [0.15, 0.2) is 24.3 Å². The summed E-state index contributed by atoms with van der Waals surface area (Å²) in [6, 6.07) is 6.19. The number of aromatic nitrogens is 4. The highest BCUT2D eigenvalue weighted by molar-refractivity contribution is 5.81. The first-order valence-corrected chi connectivity index (χ1v) is 8.39. The first kappa shape index (κ1) is 17.5. The smallest absolute Gasteiger partial charge is 0.228 e. The first-order valence-electron chi connectivity index (χ1n) is 8.39. The van der Waals surface area contributed by atoms with E-state index in [0.717, 1.165) is 13.1 Å². The predicted octanol–water partition coefficient (Wildman–Crippen LogP) is 1.49. The molecule has 1 saturated heterocycles. The SMILES string of the molecule is CC(C)(C)C(=O)N1CCN(Cc2nnnn2-c2cccc(F)c2)CC1. The highest BCUT2D eigenvalue weighted by Gasteiger charge is 2.30. The lowest BCUT2D eigenvalue weighted by molar-refractivity contribution is -0.141. The standard InChI is InChI=1S/C17H23FN6O/c1-17(2,3)16(25)23-9-7-22(8-10-23)12-15-19-20-21-24(15)14-6-4-5-13(18)11-14/h4-6,11H,7-10,12H2,1-3H3. The van der Waals surface area contributed by atoms with Gasteiger partial charge in [0.25, 0.3) is 0 Å². The number of nitrogens with zero attached hydrogens (tertiary/aromatic N) is 6. The van der Waals surface area contributed by atoms with Gasteiger partial charge in [0.05, 0.1) is 12.2 Å². The van der Waals surface area contributed by atoms with Gasteiger partial charge in [-0.3, -0.25) is 9.69 Å². The molecule has 7 nitrogen and oxygen atoms in total. The Morgan fingerprint density at radius 3 is 2.56 bits per heavy atom. The molecule has 0 unspecified atom stereocenters. The van der Waals surface area contributed by atoms with Crippen LogP contribution < -0.4 is 0 Å². The lowest BCUT2D eigenvalue weighted by atomic mass is 9.94. The van der Waals surface area contributed by atoms with E-state index in [-0.39, 0.29) is 17.1 Å². The van der Waals surface area contributed by atoms with Crippen LogP contribution in [0.5, 0.6) is 0 Å². The summed E-state index contributed by atoms with van der Waals surface area (Å²) in [6.45, 7) is 9.28. The predicted molar refractivity (Wildman–Crippen MR) is 90.4 cm³/mol. The van der Waals surface area contributed by atoms with E-state index in [1.54, 1.807) is 16.8 Å². The third-order valence-corrected chi connectivity index (χ3v) is 4.25. The van der Waals surface area contributed by atoms with Crippen LogP contribution in [0.3, 0.4) is 0 Å². The number of benzene rings is 1. The van der Waals surface area contributed by atoms with Crippen LogP contribution in [0, 0.1) is 11.2 Å². The Balaban J connectivity index is 1.64. The van der Waals surface area contributed by atoms with Crippen molar-refractivity contribution in [3.63, 3.8) is 0 Å². The second kappa shape index (κ2) is 6.87. The van der Waals surface area contributed by atoms with E-state index in [1.807, 2.05) is 25.7 Å². The van der Waals surface area contributed by atoms with E-state index in [4.69, 9.17) is 0 Å². The maximum absolute atomic E-state index is 13.4. The number of hydrogen-bond donors (Lipinski definition) is 0. The molecule has 0 spiro atoms. The van der Waals surface area contributed by atoms with Crippen LogP contribution in [-0.4, -0.2) is 62.1 Å². The second-order valence-electron chi connectivity index (χ2n) is 7.31. The molecule has 3 rings (SSSR count). The number of hydrogen-bond acceptors (Lipinski definition) is 5. The van der Waals surface area contributed by atoms with Gasteiger partial charge in [0, 0.05) is 31.6 Å². The molecule has 2 heterocycles. The molecule has 134 valence electrons. The zero-order valence-corrected chi connectivity index (χ0v) is 14.8. The Hall–Kier alpha value is -2.35. The summed E-state index contributed by atoms with van der Waals surface area (Å²) in [5.74, 6) is 0.506. The molecule has 0 radical (unpaired) electrons. The highest BCUT2D eigenvalue weighted by Crippen LogP contribution is 2.19. The lowest BCUT2D eigenvalue weighted by Gasteiger charge is -2.37. The van der Waals surface area contributed by atoms with Crippen LogP contribution >= 0.6 is 0 Å². The fraction of sp³-hybridized carbons (Fsp3) is 0.529. The molecule has 25 heavy (non-hydrogen) atoms. The number of tetrazole rings is 1. The lowest BCUT2D eigenvalue weighted by Crippen LogP contribution is -2.51. The van der Waals surface area contributed by atoms with E-state index in [1.165, 1.54) is 12.1 Å². The number of carbonyl (C=O) groups excluding carboxylic acids is 1. The minimum absolute atomic E-state index is 0.178. The topological polar surface area (TPSA) is 67.2 Å². The third kappa shape index (κ3) is 4.01. The Kier molecular flexibility index (Phi) is 4.80. The molecule has 1 aromatic heterocycles. The molecular weight excluding hydrogens is 323 g/mol. The van der Waals surface area contributed by atoms with E-state index >= 15 is 0 Å². The molecule has 1 aliphatic rings. The first-order chi connectivity index (χ1) is 11.8. The molecule has 1 amide bonds. The zero-order valence-electron chi connectivity index (χ0n) is 14.8. The molecule has 2 aromatic rings. The molecule has 8 heteroatoms. The minimum atomic E-state index is -0.357. The third-order valence-electron chi connectivity index (χ3n) is 4.25. The van der Waals surface area contributed by atoms with Crippen LogP contribution in [-0.2, 0) is 11.3 Å². The summed E-state index contributed by atoms with van der Waals surface area (Å²) in [7, 11) is 0. The van der Waals surface area contributed by atoms with E-state index in [9.17, 15) is 9.18 Å². The number of amides is 1. The van der Waals surface area contributed by atoms with Gasteiger partial charge in [-0.25, -0.2) is 4.39 Å². The fourth-order valence-corrected chi connectivity index (χ4v) is 2.90. The Morgan fingerprint density at radius 2 is 1.92 bits per heavy atom. The molecule has 0 atom stereocenters. The maximum atomic E-state index is 13.4. The molecule has 0 aliphatic carbocycles. The fourth-order valence-electron chi connectivity index (χ4n) is 2.90. The van der Waals surface area contributed by atoms with Crippen LogP contribution in [0.1, 0.15) is 26.6 Å². The molecule has 1 aromatic carbocycles. The van der Waals surface area contributed by atoms with E-state index in [2.05, 4.69) is 20.4 Å². The number of carbonyl (C=O) groups is 1. The quantitative estimate of drug-likeness (QED) is 0.842. The summed E-state index contributed by atoms with van der Waals surface area (Å²) in [5, 5.41) is 11.8. The van der Waals surface area contributed by atoms with E-state index < -0.39 is 0 Å². The van der Waals surface area contributed by atoms with Crippen molar-refractivity contribution >= 4 is 5.91 Å². The van der Waals surface area contributed by atoms with E-state index in [0.29, 0.717) is 31.1 Å². The van der Waals surface area contributed by atoms with Crippen molar-refractivity contribution in [3.8, 4) is 5.69 Å². The van der Waals surface area contributed by atoms with Crippen molar-refractivity contribution in [2.24, 2.45) is 5.41 Å². The van der Waals surface area contributed by atoms with Crippen molar-refractivity contribution in [2.75, 3.05) is 26.2 Å². The minimum Gasteiger partial charge on any atom is -0.340 e. The monoisotopic (exact) mass is 346 g/mol. The van der Waals surface area contributed by atoms with Gasteiger partial charge in [0.1, 0.15) is 5.82 Å².